The summed E-state index contributed by atoms with van der Waals surface area (Å²) in [6.45, 7) is 1.52. The zero-order valence-electron chi connectivity index (χ0n) is 10.5. The van der Waals surface area contributed by atoms with Gasteiger partial charge in [-0.05, 0) is 33.1 Å². The van der Waals surface area contributed by atoms with Crippen LogP contribution in [0.25, 0.3) is 0 Å². The minimum absolute atomic E-state index is 0.104. The molecule has 0 aliphatic heterocycles. The number of allylic oxidation sites excluding steroid dienone is 3. The normalized spacial score (nSPS) is 19.4. The first kappa shape index (κ1) is 14.9. The molecule has 0 aromatic carbocycles. The van der Waals surface area contributed by atoms with Crippen LogP contribution in [0.5, 0.6) is 0 Å². The number of halogens is 1. The van der Waals surface area contributed by atoms with Crippen LogP contribution in [-0.2, 0) is 4.74 Å². The molecular formula is C12H17ClN2O3. The molecule has 1 atom stereocenters. The van der Waals surface area contributed by atoms with Gasteiger partial charge in [-0.25, -0.2) is 0 Å². The molecule has 0 radical (unpaired) electrons. The summed E-state index contributed by atoms with van der Waals surface area (Å²) < 4.78 is 5.58. The van der Waals surface area contributed by atoms with Crippen molar-refractivity contribution < 1.29 is 9.66 Å². The third-order valence-corrected chi connectivity index (χ3v) is 2.69. The summed E-state index contributed by atoms with van der Waals surface area (Å²) in [7, 11) is 3.99. The minimum Gasteiger partial charge on any atom is -0.370 e. The van der Waals surface area contributed by atoms with Gasteiger partial charge in [-0.1, -0.05) is 23.8 Å². The summed E-state index contributed by atoms with van der Waals surface area (Å²) in [5.74, 6) is 0. The zero-order chi connectivity index (χ0) is 13.5. The molecule has 5 nitrogen and oxygen atoms in total. The van der Waals surface area contributed by atoms with E-state index in [0.717, 1.165) is 13.0 Å². The highest BCUT2D eigenvalue weighted by Crippen LogP contribution is 2.20. The first-order valence-corrected chi connectivity index (χ1v) is 6.05. The van der Waals surface area contributed by atoms with Crippen LogP contribution >= 0.6 is 11.6 Å². The van der Waals surface area contributed by atoms with E-state index in [2.05, 4.69) is 4.90 Å². The average molecular weight is 273 g/mol. The van der Waals surface area contributed by atoms with Crippen LogP contribution in [0, 0.1) is 10.1 Å². The van der Waals surface area contributed by atoms with Crippen molar-refractivity contribution in [3.63, 3.8) is 0 Å². The molecule has 0 aromatic rings. The second-order valence-electron chi connectivity index (χ2n) is 4.20. The van der Waals surface area contributed by atoms with E-state index in [1.54, 1.807) is 18.2 Å². The summed E-state index contributed by atoms with van der Waals surface area (Å²) in [6, 6.07) is 0. The number of nitro groups is 1. The van der Waals surface area contributed by atoms with Crippen molar-refractivity contribution in [2.75, 3.05) is 27.2 Å². The molecule has 0 bridgehead atoms. The first-order chi connectivity index (χ1) is 8.50. The van der Waals surface area contributed by atoms with Crippen LogP contribution in [0.15, 0.2) is 35.0 Å². The van der Waals surface area contributed by atoms with E-state index in [4.69, 9.17) is 16.3 Å². The molecule has 0 N–H and O–H groups in total. The van der Waals surface area contributed by atoms with Gasteiger partial charge >= 0.3 is 0 Å². The van der Waals surface area contributed by atoms with Crippen molar-refractivity contribution in [2.45, 2.75) is 12.5 Å². The largest absolute Gasteiger partial charge is 0.370 e. The second kappa shape index (κ2) is 7.31. The molecule has 100 valence electrons. The lowest BCUT2D eigenvalue weighted by molar-refractivity contribution is -0.419. The molecule has 1 aliphatic rings. The molecule has 1 rings (SSSR count). The average Bonchev–Trinajstić information content (AvgIpc) is 2.46. The van der Waals surface area contributed by atoms with E-state index in [0.29, 0.717) is 6.61 Å². The van der Waals surface area contributed by atoms with Gasteiger partial charge in [0.1, 0.15) is 5.03 Å². The second-order valence-corrected chi connectivity index (χ2v) is 4.61. The minimum atomic E-state index is -0.502. The van der Waals surface area contributed by atoms with Gasteiger partial charge in [-0.15, -0.1) is 0 Å². The van der Waals surface area contributed by atoms with Crippen LogP contribution < -0.4 is 0 Å². The number of ether oxygens (including phenoxy) is 1. The standard InChI is InChI=1S/C12H17ClN2O3/c1-14(2)7-4-8-18-10-5-3-6-12(15(16)17)11(13)9-10/h3,5-6,9-10H,4,7-8H2,1-2H3. The van der Waals surface area contributed by atoms with Crippen LogP contribution in [0.4, 0.5) is 0 Å². The summed E-state index contributed by atoms with van der Waals surface area (Å²) >= 11 is 5.86. The molecule has 1 aliphatic carbocycles. The lowest BCUT2D eigenvalue weighted by Gasteiger charge is -2.12. The summed E-state index contributed by atoms with van der Waals surface area (Å²) in [5.41, 5.74) is -0.104. The highest BCUT2D eigenvalue weighted by molar-refractivity contribution is 6.31. The molecule has 18 heavy (non-hydrogen) atoms. The number of hydrogen-bond acceptors (Lipinski definition) is 4. The van der Waals surface area contributed by atoms with E-state index in [1.807, 2.05) is 14.1 Å². The van der Waals surface area contributed by atoms with Crippen molar-refractivity contribution in [1.29, 1.82) is 0 Å². The van der Waals surface area contributed by atoms with Crippen LogP contribution in [0.1, 0.15) is 6.42 Å². The van der Waals surface area contributed by atoms with Crippen molar-refractivity contribution >= 4 is 11.6 Å². The summed E-state index contributed by atoms with van der Waals surface area (Å²) in [6.07, 6.45) is 6.86. The van der Waals surface area contributed by atoms with Gasteiger partial charge in [-0.2, -0.15) is 0 Å². The molecule has 0 saturated heterocycles. The Balaban J connectivity index is 2.49. The fourth-order valence-electron chi connectivity index (χ4n) is 1.47. The van der Waals surface area contributed by atoms with Crippen molar-refractivity contribution in [3.8, 4) is 0 Å². The van der Waals surface area contributed by atoms with Gasteiger partial charge in [0.2, 0.25) is 0 Å². The van der Waals surface area contributed by atoms with Gasteiger partial charge < -0.3 is 9.64 Å². The Morgan fingerprint density at radius 3 is 2.89 bits per heavy atom. The van der Waals surface area contributed by atoms with E-state index >= 15 is 0 Å². The molecule has 0 fully saturated rings. The lowest BCUT2D eigenvalue weighted by atomic mass is 10.3. The third kappa shape index (κ3) is 5.00. The van der Waals surface area contributed by atoms with E-state index in [1.165, 1.54) is 6.08 Å². The molecular weight excluding hydrogens is 256 g/mol. The Bertz CT molecular complexity index is 389. The van der Waals surface area contributed by atoms with Crippen molar-refractivity contribution in [3.05, 3.63) is 45.1 Å². The Labute approximate surface area is 112 Å². The maximum Gasteiger partial charge on any atom is 0.287 e. The zero-order valence-corrected chi connectivity index (χ0v) is 11.3. The molecule has 0 amide bonds. The third-order valence-electron chi connectivity index (χ3n) is 2.37. The van der Waals surface area contributed by atoms with Crippen molar-refractivity contribution in [1.82, 2.24) is 4.90 Å². The Morgan fingerprint density at radius 2 is 2.28 bits per heavy atom. The Morgan fingerprint density at radius 1 is 1.56 bits per heavy atom. The van der Waals surface area contributed by atoms with Gasteiger partial charge in [-0.3, -0.25) is 10.1 Å². The van der Waals surface area contributed by atoms with E-state index < -0.39 is 4.92 Å². The van der Waals surface area contributed by atoms with Crippen LogP contribution in [0.3, 0.4) is 0 Å². The number of nitrogens with zero attached hydrogens (tertiary/aromatic N) is 2. The number of rotatable bonds is 6. The highest BCUT2D eigenvalue weighted by atomic mass is 35.5. The molecule has 6 heteroatoms. The summed E-state index contributed by atoms with van der Waals surface area (Å²) in [5, 5.41) is 10.8. The van der Waals surface area contributed by atoms with Crippen LogP contribution in [0.2, 0.25) is 0 Å². The predicted molar refractivity (Wildman–Crippen MR) is 71.1 cm³/mol. The Kier molecular flexibility index (Phi) is 6.04. The topological polar surface area (TPSA) is 55.6 Å². The van der Waals surface area contributed by atoms with Gasteiger partial charge in [0.15, 0.2) is 0 Å². The molecule has 0 heterocycles. The smallest absolute Gasteiger partial charge is 0.287 e. The lowest BCUT2D eigenvalue weighted by Crippen LogP contribution is -2.16. The van der Waals surface area contributed by atoms with Gasteiger partial charge in [0.05, 0.1) is 11.0 Å². The number of hydrogen-bond donors (Lipinski definition) is 0. The van der Waals surface area contributed by atoms with Crippen molar-refractivity contribution in [2.24, 2.45) is 0 Å². The maximum atomic E-state index is 10.7. The Hall–Kier alpha value is -1.17. The molecule has 1 unspecified atom stereocenters. The predicted octanol–water partition coefficient (Wildman–Crippen LogP) is 2.18. The molecule has 0 saturated carbocycles. The fourth-order valence-corrected chi connectivity index (χ4v) is 1.73. The van der Waals surface area contributed by atoms with E-state index in [9.17, 15) is 10.1 Å². The SMILES string of the molecule is CN(C)CCCOC1C=CC=C([N+](=O)[O-])C(Cl)=C1. The van der Waals surface area contributed by atoms with E-state index in [-0.39, 0.29) is 16.8 Å². The monoisotopic (exact) mass is 272 g/mol. The summed E-state index contributed by atoms with van der Waals surface area (Å²) in [4.78, 5) is 12.3. The fraction of sp³-hybridized carbons (Fsp3) is 0.500. The maximum absolute atomic E-state index is 10.7. The molecule has 0 aromatic heterocycles. The quantitative estimate of drug-likeness (QED) is 0.422. The van der Waals surface area contributed by atoms with Crippen LogP contribution in [-0.4, -0.2) is 43.2 Å². The highest BCUT2D eigenvalue weighted by Gasteiger charge is 2.18. The van der Waals surface area contributed by atoms with Gasteiger partial charge in [0, 0.05) is 12.7 Å². The molecule has 0 spiro atoms. The van der Waals surface area contributed by atoms with Gasteiger partial charge in [0.25, 0.3) is 5.70 Å². The first-order valence-electron chi connectivity index (χ1n) is 5.67.